The quantitative estimate of drug-likeness (QED) is 0.143. The Morgan fingerprint density at radius 2 is 1.04 bits per heavy atom. The lowest BCUT2D eigenvalue weighted by atomic mass is 9.82. The maximum Gasteiger partial charge on any atom is 0.0541 e. The smallest absolute Gasteiger partial charge is 0.0541 e. The van der Waals surface area contributed by atoms with Crippen LogP contribution >= 0.6 is 0 Å². The minimum absolute atomic E-state index is 0.0751. The van der Waals surface area contributed by atoms with Crippen LogP contribution in [0.4, 0.5) is 28.4 Å². The molecule has 0 N–H and O–H groups in total. The molecular formula is C67H57N3. The second kappa shape index (κ2) is 17.1. The molecule has 12 rings (SSSR count). The molecule has 0 fully saturated rings. The van der Waals surface area contributed by atoms with Gasteiger partial charge in [0.15, 0.2) is 0 Å². The lowest BCUT2D eigenvalue weighted by Crippen LogP contribution is -2.19. The molecule has 0 atom stereocenters. The highest BCUT2D eigenvalue weighted by Gasteiger charge is 2.36. The van der Waals surface area contributed by atoms with Crippen LogP contribution in [0.1, 0.15) is 64.2 Å². The van der Waals surface area contributed by atoms with E-state index in [9.17, 15) is 0 Å². The van der Waals surface area contributed by atoms with Crippen molar-refractivity contribution in [3.8, 4) is 39.1 Å². The Morgan fingerprint density at radius 1 is 0.429 bits per heavy atom. The molecule has 70 heavy (non-hydrogen) atoms. The lowest BCUT2D eigenvalue weighted by molar-refractivity contribution is 0.590. The van der Waals surface area contributed by atoms with Crippen molar-refractivity contribution in [3.05, 3.63) is 253 Å². The maximum absolute atomic E-state index is 2.50. The molecule has 0 radical (unpaired) electrons. The number of nitrogens with zero attached hydrogens (tertiary/aromatic N) is 3. The first-order valence-corrected chi connectivity index (χ1v) is 24.8. The van der Waals surface area contributed by atoms with E-state index < -0.39 is 0 Å². The zero-order chi connectivity index (χ0) is 47.6. The van der Waals surface area contributed by atoms with Gasteiger partial charge < -0.3 is 14.4 Å². The standard InChI is InChI=1S/C67H57N3/c1-66(2,3)50-32-36-54(37-33-50)70-64-28-18-16-26-60(64)61-43-48(31-40-65(61)70)49-41-56(68(51-21-11-7-12-22-51)53-34-29-47(30-35-53)46-19-9-6-10-20-46)44-57(42-49)69(52-23-13-8-14-24-52)55-38-39-59-58-25-15-17-27-62(58)67(4,5)63(59)45-55/h6-7,9-13,15-45H,8,14H2,1-5H3. The van der Waals surface area contributed by atoms with Crippen molar-refractivity contribution in [3.63, 3.8) is 0 Å². The topological polar surface area (TPSA) is 11.4 Å². The summed E-state index contributed by atoms with van der Waals surface area (Å²) in [5, 5.41) is 2.47. The Hall–Kier alpha value is -8.14. The van der Waals surface area contributed by atoms with Gasteiger partial charge in [-0.1, -0.05) is 174 Å². The summed E-state index contributed by atoms with van der Waals surface area (Å²) in [5.74, 6) is 0. The zero-order valence-corrected chi connectivity index (χ0v) is 40.7. The summed E-state index contributed by atoms with van der Waals surface area (Å²) in [6, 6.07) is 78.8. The SMILES string of the molecule is CC(C)(C)c1ccc(-n2c3ccccc3c3cc(-c4cc(N(C5=CCCC=C5)c5ccc6c(c5)C(C)(C)c5ccccc5-6)cc(N(c5ccccc5)c5ccc(-c6ccccc6)cc5)c4)ccc32)cc1. The van der Waals surface area contributed by atoms with Crippen molar-refractivity contribution in [1.82, 2.24) is 4.57 Å². The molecule has 3 nitrogen and oxygen atoms in total. The van der Waals surface area contributed by atoms with E-state index in [1.165, 1.54) is 66.4 Å². The van der Waals surface area contributed by atoms with Crippen molar-refractivity contribution in [2.24, 2.45) is 0 Å². The van der Waals surface area contributed by atoms with Gasteiger partial charge in [-0.05, 0) is 159 Å². The van der Waals surface area contributed by atoms with E-state index in [2.05, 4.69) is 280 Å². The highest BCUT2D eigenvalue weighted by molar-refractivity contribution is 6.10. The second-order valence-electron chi connectivity index (χ2n) is 20.5. The van der Waals surface area contributed by atoms with E-state index in [-0.39, 0.29) is 10.8 Å². The summed E-state index contributed by atoms with van der Waals surface area (Å²) < 4.78 is 2.43. The van der Waals surface area contributed by atoms with Crippen molar-refractivity contribution >= 4 is 50.2 Å². The van der Waals surface area contributed by atoms with E-state index in [1.54, 1.807) is 0 Å². The van der Waals surface area contributed by atoms with Gasteiger partial charge in [0.05, 0.1) is 11.0 Å². The molecule has 0 unspecified atom stereocenters. The Labute approximate surface area is 412 Å². The van der Waals surface area contributed by atoms with Crippen LogP contribution in [0.15, 0.2) is 236 Å². The third-order valence-electron chi connectivity index (χ3n) is 14.7. The molecule has 10 aromatic rings. The molecule has 0 bridgehead atoms. The number of anilines is 5. The predicted molar refractivity (Wildman–Crippen MR) is 298 cm³/mol. The van der Waals surface area contributed by atoms with Gasteiger partial charge in [-0.15, -0.1) is 0 Å². The van der Waals surface area contributed by atoms with E-state index in [0.717, 1.165) is 58.1 Å². The minimum atomic E-state index is -0.142. The molecule has 1 heterocycles. The van der Waals surface area contributed by atoms with Gasteiger partial charge >= 0.3 is 0 Å². The Morgan fingerprint density at radius 3 is 1.79 bits per heavy atom. The summed E-state index contributed by atoms with van der Waals surface area (Å²) in [5.41, 5.74) is 21.6. The summed E-state index contributed by atoms with van der Waals surface area (Å²) in [6.45, 7) is 11.6. The fraction of sp³-hybridized carbons (Fsp3) is 0.134. The van der Waals surface area contributed by atoms with Crippen LogP contribution < -0.4 is 9.80 Å². The summed E-state index contributed by atoms with van der Waals surface area (Å²) in [7, 11) is 0. The fourth-order valence-electron chi connectivity index (χ4n) is 11.1. The van der Waals surface area contributed by atoms with Crippen LogP contribution in [0, 0.1) is 0 Å². The molecule has 1 aromatic heterocycles. The van der Waals surface area contributed by atoms with Gasteiger partial charge in [0, 0.05) is 56.0 Å². The monoisotopic (exact) mass is 903 g/mol. The van der Waals surface area contributed by atoms with Crippen LogP contribution in [0.5, 0.6) is 0 Å². The van der Waals surface area contributed by atoms with Crippen molar-refractivity contribution < 1.29 is 0 Å². The van der Waals surface area contributed by atoms with Crippen LogP contribution in [-0.4, -0.2) is 4.57 Å². The average Bonchev–Trinajstić information content (AvgIpc) is 3.85. The largest absolute Gasteiger partial charge is 0.311 e. The summed E-state index contributed by atoms with van der Waals surface area (Å²) in [4.78, 5) is 4.91. The average molecular weight is 904 g/mol. The lowest BCUT2D eigenvalue weighted by Gasteiger charge is -2.32. The number of hydrogen-bond donors (Lipinski definition) is 0. The number of hydrogen-bond acceptors (Lipinski definition) is 2. The van der Waals surface area contributed by atoms with Crippen molar-refractivity contribution in [2.75, 3.05) is 9.80 Å². The van der Waals surface area contributed by atoms with Crippen molar-refractivity contribution in [1.29, 1.82) is 0 Å². The molecule has 2 aliphatic carbocycles. The first-order chi connectivity index (χ1) is 34.1. The zero-order valence-electron chi connectivity index (χ0n) is 40.7. The van der Waals surface area contributed by atoms with Gasteiger partial charge in [0.2, 0.25) is 0 Å². The number of allylic oxidation sites excluding steroid dienone is 3. The van der Waals surface area contributed by atoms with Gasteiger partial charge in [0.1, 0.15) is 0 Å². The Kier molecular flexibility index (Phi) is 10.6. The molecular weight excluding hydrogens is 847 g/mol. The van der Waals surface area contributed by atoms with E-state index in [0.29, 0.717) is 0 Å². The first-order valence-electron chi connectivity index (χ1n) is 24.8. The van der Waals surface area contributed by atoms with Gasteiger partial charge in [-0.25, -0.2) is 0 Å². The number of benzene rings is 9. The van der Waals surface area contributed by atoms with Crippen molar-refractivity contribution in [2.45, 2.75) is 58.3 Å². The van der Waals surface area contributed by atoms with E-state index in [4.69, 9.17) is 0 Å². The van der Waals surface area contributed by atoms with Gasteiger partial charge in [-0.3, -0.25) is 0 Å². The normalized spacial score (nSPS) is 13.8. The molecule has 340 valence electrons. The minimum Gasteiger partial charge on any atom is -0.311 e. The maximum atomic E-state index is 2.50. The highest BCUT2D eigenvalue weighted by atomic mass is 15.2. The molecule has 0 amide bonds. The predicted octanol–water partition coefficient (Wildman–Crippen LogP) is 18.6. The second-order valence-corrected chi connectivity index (χ2v) is 20.5. The van der Waals surface area contributed by atoms with E-state index in [1.807, 2.05) is 0 Å². The van der Waals surface area contributed by atoms with Crippen LogP contribution in [-0.2, 0) is 10.8 Å². The fourth-order valence-corrected chi connectivity index (χ4v) is 11.1. The molecule has 0 saturated heterocycles. The number of aromatic nitrogens is 1. The Bertz CT molecular complexity index is 3640. The highest BCUT2D eigenvalue weighted by Crippen LogP contribution is 2.51. The molecule has 2 aliphatic rings. The number of fused-ring (bicyclic) bond motifs is 6. The van der Waals surface area contributed by atoms with Gasteiger partial charge in [0.25, 0.3) is 0 Å². The molecule has 0 aliphatic heterocycles. The third kappa shape index (κ3) is 7.54. The Balaban J connectivity index is 1.08. The number of para-hydroxylation sites is 2. The summed E-state index contributed by atoms with van der Waals surface area (Å²) >= 11 is 0. The third-order valence-corrected chi connectivity index (χ3v) is 14.7. The molecule has 3 heteroatoms. The first kappa shape index (κ1) is 43.2. The van der Waals surface area contributed by atoms with Gasteiger partial charge in [-0.2, -0.15) is 0 Å². The van der Waals surface area contributed by atoms with Crippen LogP contribution in [0.25, 0.3) is 60.9 Å². The molecule has 0 spiro atoms. The van der Waals surface area contributed by atoms with E-state index >= 15 is 0 Å². The van der Waals surface area contributed by atoms with Crippen LogP contribution in [0.2, 0.25) is 0 Å². The number of rotatable bonds is 9. The summed E-state index contributed by atoms with van der Waals surface area (Å²) in [6.07, 6.45) is 9.07. The molecule has 9 aromatic carbocycles. The molecule has 0 saturated carbocycles. The van der Waals surface area contributed by atoms with Crippen LogP contribution in [0.3, 0.4) is 0 Å².